The highest BCUT2D eigenvalue weighted by Crippen LogP contribution is 2.21. The molecule has 0 aliphatic rings. The third-order valence-corrected chi connectivity index (χ3v) is 3.97. The zero-order chi connectivity index (χ0) is 17.7. The van der Waals surface area contributed by atoms with Gasteiger partial charge in [-0.2, -0.15) is 0 Å². The van der Waals surface area contributed by atoms with Gasteiger partial charge >= 0.3 is 5.97 Å². The normalized spacial score (nSPS) is 11.1. The fraction of sp³-hybridized carbons (Fsp3) is 0.316. The number of amides is 1. The van der Waals surface area contributed by atoms with Crippen molar-refractivity contribution in [1.29, 1.82) is 0 Å². The lowest BCUT2D eigenvalue weighted by Crippen LogP contribution is -2.32. The van der Waals surface area contributed by atoms with Crippen molar-refractivity contribution in [3.63, 3.8) is 0 Å². The monoisotopic (exact) mass is 326 g/mol. The number of carboxylic acid groups (broad SMARTS) is 1. The number of nitrogens with zero attached hydrogens (tertiary/aromatic N) is 1. The number of aromatic nitrogens is 1. The van der Waals surface area contributed by atoms with E-state index < -0.39 is 11.4 Å². The Labute approximate surface area is 141 Å². The number of pyridine rings is 1. The fourth-order valence-corrected chi connectivity index (χ4v) is 2.24. The Hall–Kier alpha value is -2.69. The van der Waals surface area contributed by atoms with Gasteiger partial charge in [0, 0.05) is 24.5 Å². The van der Waals surface area contributed by atoms with E-state index in [1.165, 1.54) is 6.20 Å². The van der Waals surface area contributed by atoms with Crippen molar-refractivity contribution < 1.29 is 14.7 Å². The molecule has 0 saturated carbocycles. The van der Waals surface area contributed by atoms with Crippen molar-refractivity contribution >= 4 is 11.9 Å². The van der Waals surface area contributed by atoms with Gasteiger partial charge in [0.15, 0.2) is 0 Å². The molecular formula is C19H22N2O3. The first-order valence-corrected chi connectivity index (χ1v) is 7.83. The van der Waals surface area contributed by atoms with Crippen molar-refractivity contribution in [1.82, 2.24) is 10.3 Å². The maximum Gasteiger partial charge on any atom is 0.309 e. The molecule has 1 aromatic carbocycles. The quantitative estimate of drug-likeness (QED) is 0.854. The number of carboxylic acids is 1. The van der Waals surface area contributed by atoms with Crippen molar-refractivity contribution in [2.45, 2.75) is 27.2 Å². The SMILES string of the molecule is Cc1cccc(-c2cncc(C(=O)NCCC(C)(C)C(=O)O)c2)c1. The Bertz CT molecular complexity index is 754. The Morgan fingerprint density at radius 3 is 2.58 bits per heavy atom. The first-order chi connectivity index (χ1) is 11.3. The van der Waals surface area contributed by atoms with Crippen LogP contribution in [0.2, 0.25) is 0 Å². The van der Waals surface area contributed by atoms with Crippen LogP contribution in [-0.2, 0) is 4.79 Å². The Balaban J connectivity index is 2.06. The lowest BCUT2D eigenvalue weighted by Gasteiger charge is -2.18. The molecule has 24 heavy (non-hydrogen) atoms. The van der Waals surface area contributed by atoms with Crippen molar-refractivity contribution in [3.05, 3.63) is 53.9 Å². The van der Waals surface area contributed by atoms with E-state index in [1.807, 2.05) is 31.2 Å². The van der Waals surface area contributed by atoms with E-state index in [-0.39, 0.29) is 5.91 Å². The molecule has 0 aliphatic heterocycles. The minimum absolute atomic E-state index is 0.252. The summed E-state index contributed by atoms with van der Waals surface area (Å²) in [5.41, 5.74) is 2.61. The minimum atomic E-state index is -0.875. The lowest BCUT2D eigenvalue weighted by molar-refractivity contribution is -0.147. The molecule has 2 aromatic rings. The molecule has 126 valence electrons. The third-order valence-electron chi connectivity index (χ3n) is 3.97. The number of benzene rings is 1. The zero-order valence-electron chi connectivity index (χ0n) is 14.2. The van der Waals surface area contributed by atoms with Crippen molar-refractivity contribution in [3.8, 4) is 11.1 Å². The molecule has 0 aliphatic carbocycles. The molecule has 0 saturated heterocycles. The molecule has 2 rings (SSSR count). The lowest BCUT2D eigenvalue weighted by atomic mass is 9.90. The van der Waals surface area contributed by atoms with Crippen LogP contribution in [0.5, 0.6) is 0 Å². The van der Waals surface area contributed by atoms with Crippen LogP contribution in [0.3, 0.4) is 0 Å². The van der Waals surface area contributed by atoms with Crippen LogP contribution in [0.15, 0.2) is 42.7 Å². The maximum atomic E-state index is 12.3. The summed E-state index contributed by atoms with van der Waals surface area (Å²) >= 11 is 0. The minimum Gasteiger partial charge on any atom is -0.481 e. The smallest absolute Gasteiger partial charge is 0.309 e. The number of hydrogen-bond donors (Lipinski definition) is 2. The van der Waals surface area contributed by atoms with Gasteiger partial charge in [-0.15, -0.1) is 0 Å². The highest BCUT2D eigenvalue weighted by Gasteiger charge is 2.26. The van der Waals surface area contributed by atoms with Crippen LogP contribution in [0.1, 0.15) is 36.2 Å². The molecule has 0 unspecified atom stereocenters. The summed E-state index contributed by atoms with van der Waals surface area (Å²) in [7, 11) is 0. The molecule has 5 nitrogen and oxygen atoms in total. The van der Waals surface area contributed by atoms with E-state index in [2.05, 4.69) is 10.3 Å². The average molecular weight is 326 g/mol. The van der Waals surface area contributed by atoms with Gasteiger partial charge in [-0.25, -0.2) is 0 Å². The van der Waals surface area contributed by atoms with Gasteiger partial charge in [-0.3, -0.25) is 14.6 Å². The fourth-order valence-electron chi connectivity index (χ4n) is 2.24. The summed E-state index contributed by atoms with van der Waals surface area (Å²) in [6, 6.07) is 9.78. The number of aliphatic carboxylic acids is 1. The van der Waals surface area contributed by atoms with Crippen molar-refractivity contribution in [2.24, 2.45) is 5.41 Å². The summed E-state index contributed by atoms with van der Waals surface area (Å²) < 4.78 is 0. The Kier molecular flexibility index (Phi) is 5.34. The van der Waals surface area contributed by atoms with E-state index in [9.17, 15) is 9.59 Å². The van der Waals surface area contributed by atoms with Crippen LogP contribution in [-0.4, -0.2) is 28.5 Å². The molecule has 1 heterocycles. The van der Waals surface area contributed by atoms with E-state index >= 15 is 0 Å². The van der Waals surface area contributed by atoms with Gasteiger partial charge in [0.2, 0.25) is 0 Å². The van der Waals surface area contributed by atoms with Gasteiger partial charge in [0.05, 0.1) is 11.0 Å². The van der Waals surface area contributed by atoms with Gasteiger partial charge in [0.25, 0.3) is 5.91 Å². The summed E-state index contributed by atoms with van der Waals surface area (Å²) in [4.78, 5) is 27.5. The van der Waals surface area contributed by atoms with Gasteiger partial charge in [-0.1, -0.05) is 29.8 Å². The maximum absolute atomic E-state index is 12.3. The number of nitrogens with one attached hydrogen (secondary N) is 1. The van der Waals surface area contributed by atoms with Crippen LogP contribution >= 0.6 is 0 Å². The number of carbonyl (C=O) groups excluding carboxylic acids is 1. The Morgan fingerprint density at radius 1 is 1.17 bits per heavy atom. The first-order valence-electron chi connectivity index (χ1n) is 7.83. The standard InChI is InChI=1S/C19H22N2O3/c1-13-5-4-6-14(9-13)15-10-16(12-20-11-15)17(22)21-8-7-19(2,3)18(23)24/h4-6,9-12H,7-8H2,1-3H3,(H,21,22)(H,23,24). The average Bonchev–Trinajstić information content (AvgIpc) is 2.54. The number of carbonyl (C=O) groups is 2. The van der Waals surface area contributed by atoms with E-state index in [4.69, 9.17) is 5.11 Å². The molecule has 2 N–H and O–H groups in total. The van der Waals surface area contributed by atoms with Crippen LogP contribution in [0, 0.1) is 12.3 Å². The highest BCUT2D eigenvalue weighted by molar-refractivity contribution is 5.95. The van der Waals surface area contributed by atoms with Gasteiger partial charge < -0.3 is 10.4 Å². The number of hydrogen-bond acceptors (Lipinski definition) is 3. The molecule has 0 radical (unpaired) electrons. The summed E-state index contributed by atoms with van der Waals surface area (Å²) in [5.74, 6) is -1.13. The molecule has 5 heteroatoms. The van der Waals surface area contributed by atoms with Crippen LogP contribution in [0.25, 0.3) is 11.1 Å². The van der Waals surface area contributed by atoms with E-state index in [0.29, 0.717) is 18.5 Å². The first kappa shape index (κ1) is 17.7. The molecule has 0 atom stereocenters. The highest BCUT2D eigenvalue weighted by atomic mass is 16.4. The van der Waals surface area contributed by atoms with Gasteiger partial charge in [0.1, 0.15) is 0 Å². The second-order valence-corrected chi connectivity index (χ2v) is 6.53. The van der Waals surface area contributed by atoms with Gasteiger partial charge in [-0.05, 0) is 38.8 Å². The number of aryl methyl sites for hydroxylation is 1. The second kappa shape index (κ2) is 7.25. The topological polar surface area (TPSA) is 79.3 Å². The van der Waals surface area contributed by atoms with Crippen molar-refractivity contribution in [2.75, 3.05) is 6.54 Å². The molecule has 1 amide bonds. The largest absolute Gasteiger partial charge is 0.481 e. The molecular weight excluding hydrogens is 304 g/mol. The zero-order valence-corrected chi connectivity index (χ0v) is 14.2. The molecule has 0 bridgehead atoms. The molecule has 0 spiro atoms. The summed E-state index contributed by atoms with van der Waals surface area (Å²) in [6.45, 7) is 5.59. The van der Waals surface area contributed by atoms with E-state index in [0.717, 1.165) is 16.7 Å². The Morgan fingerprint density at radius 2 is 1.92 bits per heavy atom. The summed E-state index contributed by atoms with van der Waals surface area (Å²) in [6.07, 6.45) is 3.59. The number of rotatable bonds is 6. The molecule has 0 fully saturated rings. The third kappa shape index (κ3) is 4.41. The second-order valence-electron chi connectivity index (χ2n) is 6.53. The predicted molar refractivity (Wildman–Crippen MR) is 92.8 cm³/mol. The van der Waals surface area contributed by atoms with Crippen LogP contribution < -0.4 is 5.32 Å². The summed E-state index contributed by atoms with van der Waals surface area (Å²) in [5, 5.41) is 11.8. The van der Waals surface area contributed by atoms with Crippen LogP contribution in [0.4, 0.5) is 0 Å². The van der Waals surface area contributed by atoms with E-state index in [1.54, 1.807) is 26.1 Å². The predicted octanol–water partition coefficient (Wildman–Crippen LogP) is 3.29. The molecule has 1 aromatic heterocycles.